The molecule has 4 heteroatoms. The minimum atomic E-state index is -0.181. The lowest BCUT2D eigenvalue weighted by molar-refractivity contribution is -0.132. The molecule has 0 saturated carbocycles. The van der Waals surface area contributed by atoms with Crippen LogP contribution in [0.25, 0.3) is 0 Å². The van der Waals surface area contributed by atoms with Gasteiger partial charge < -0.3 is 10.0 Å². The first-order valence-electron chi connectivity index (χ1n) is 6.35. The van der Waals surface area contributed by atoms with E-state index in [1.165, 1.54) is 0 Å². The summed E-state index contributed by atoms with van der Waals surface area (Å²) in [4.78, 5) is 16.0. The molecule has 1 saturated heterocycles. The Morgan fingerprint density at radius 1 is 1.47 bits per heavy atom. The highest BCUT2D eigenvalue weighted by atomic mass is 16.3. The molecule has 0 atom stereocenters. The van der Waals surface area contributed by atoms with Crippen LogP contribution in [0, 0.1) is 0 Å². The van der Waals surface area contributed by atoms with Gasteiger partial charge in [0.15, 0.2) is 0 Å². The second-order valence-electron chi connectivity index (χ2n) is 4.87. The van der Waals surface area contributed by atoms with Gasteiger partial charge in [0, 0.05) is 26.2 Å². The van der Waals surface area contributed by atoms with Crippen LogP contribution in [0.2, 0.25) is 0 Å². The van der Waals surface area contributed by atoms with Crippen LogP contribution in [0.1, 0.15) is 26.7 Å². The van der Waals surface area contributed by atoms with Gasteiger partial charge in [0.1, 0.15) is 0 Å². The summed E-state index contributed by atoms with van der Waals surface area (Å²) in [6.45, 7) is 11.2. The smallest absolute Gasteiger partial charge is 0.237 e. The number of aliphatic hydroxyl groups is 1. The molecular formula is C13H24N2O2. The van der Waals surface area contributed by atoms with Gasteiger partial charge in [-0.05, 0) is 26.7 Å². The lowest BCUT2D eigenvalue weighted by Gasteiger charge is -2.31. The molecule has 1 heterocycles. The lowest BCUT2D eigenvalue weighted by atomic mass is 10.1. The zero-order chi connectivity index (χ0) is 12.8. The van der Waals surface area contributed by atoms with Crippen molar-refractivity contribution < 1.29 is 9.90 Å². The van der Waals surface area contributed by atoms with Gasteiger partial charge in [-0.2, -0.15) is 0 Å². The van der Waals surface area contributed by atoms with E-state index < -0.39 is 0 Å². The molecule has 0 aromatic rings. The van der Waals surface area contributed by atoms with E-state index in [4.69, 9.17) is 0 Å². The number of likely N-dealkylation sites (N-methyl/N-ethyl adjacent to an activating group) is 1. The highest BCUT2D eigenvalue weighted by Gasteiger charge is 2.21. The Kier molecular flexibility index (Phi) is 5.65. The molecule has 1 amide bonds. The summed E-state index contributed by atoms with van der Waals surface area (Å²) in [5.74, 6) is 0.159. The second-order valence-corrected chi connectivity index (χ2v) is 4.87. The fraction of sp³-hybridized carbons (Fsp3) is 0.769. The molecule has 1 aliphatic heterocycles. The largest absolute Gasteiger partial charge is 0.393 e. The van der Waals surface area contributed by atoms with Crippen molar-refractivity contribution in [3.63, 3.8) is 0 Å². The predicted octanol–water partition coefficient (Wildman–Crippen LogP) is 0.868. The third kappa shape index (κ3) is 4.88. The minimum absolute atomic E-state index is 0.159. The number of carbonyl (C=O) groups excluding carboxylic acids is 1. The van der Waals surface area contributed by atoms with E-state index >= 15 is 0 Å². The molecule has 0 aliphatic carbocycles. The summed E-state index contributed by atoms with van der Waals surface area (Å²) >= 11 is 0. The molecule has 98 valence electrons. The third-order valence-electron chi connectivity index (χ3n) is 3.11. The van der Waals surface area contributed by atoms with E-state index in [2.05, 4.69) is 11.5 Å². The zero-order valence-electron chi connectivity index (χ0n) is 11.0. The first-order chi connectivity index (χ1) is 8.02. The Morgan fingerprint density at radius 2 is 2.06 bits per heavy atom. The summed E-state index contributed by atoms with van der Waals surface area (Å²) in [6, 6.07) is 0. The number of likely N-dealkylation sites (tertiary alicyclic amines) is 1. The van der Waals surface area contributed by atoms with Crippen LogP contribution in [0.15, 0.2) is 12.2 Å². The number of rotatable bonds is 5. The van der Waals surface area contributed by atoms with Crippen molar-refractivity contribution in [1.29, 1.82) is 0 Å². The second kappa shape index (κ2) is 6.77. The first kappa shape index (κ1) is 14.2. The SMILES string of the molecule is C=C(C)CN(CC)C(=O)CN1CCC(O)CC1. The zero-order valence-corrected chi connectivity index (χ0v) is 11.0. The molecule has 1 N–H and O–H groups in total. The van der Waals surface area contributed by atoms with Crippen LogP contribution in [0.3, 0.4) is 0 Å². The van der Waals surface area contributed by atoms with E-state index in [1.54, 1.807) is 0 Å². The van der Waals surface area contributed by atoms with Crippen molar-refractivity contribution in [3.05, 3.63) is 12.2 Å². The van der Waals surface area contributed by atoms with Crippen LogP contribution in [-0.4, -0.2) is 59.6 Å². The summed E-state index contributed by atoms with van der Waals surface area (Å²) < 4.78 is 0. The molecular weight excluding hydrogens is 216 g/mol. The van der Waals surface area contributed by atoms with Gasteiger partial charge in [-0.1, -0.05) is 12.2 Å². The van der Waals surface area contributed by atoms with Crippen molar-refractivity contribution in [2.24, 2.45) is 0 Å². The van der Waals surface area contributed by atoms with Gasteiger partial charge >= 0.3 is 0 Å². The standard InChI is InChI=1S/C13H24N2O2/c1-4-15(9-11(2)3)13(17)10-14-7-5-12(16)6-8-14/h12,16H,2,4-10H2,1,3H3. The van der Waals surface area contributed by atoms with Crippen LogP contribution in [0.5, 0.6) is 0 Å². The maximum atomic E-state index is 12.0. The van der Waals surface area contributed by atoms with Crippen molar-refractivity contribution in [2.75, 3.05) is 32.7 Å². The van der Waals surface area contributed by atoms with Crippen LogP contribution in [0.4, 0.5) is 0 Å². The molecule has 1 rings (SSSR count). The fourth-order valence-corrected chi connectivity index (χ4v) is 2.07. The normalized spacial score (nSPS) is 18.1. The number of aliphatic hydroxyl groups excluding tert-OH is 1. The third-order valence-corrected chi connectivity index (χ3v) is 3.11. The summed E-state index contributed by atoms with van der Waals surface area (Å²) in [7, 11) is 0. The van der Waals surface area contributed by atoms with E-state index in [1.807, 2.05) is 18.7 Å². The number of piperidine rings is 1. The Balaban J connectivity index is 2.38. The lowest BCUT2D eigenvalue weighted by Crippen LogP contribution is -2.44. The van der Waals surface area contributed by atoms with Gasteiger partial charge in [0.05, 0.1) is 12.6 Å². The average Bonchev–Trinajstić information content (AvgIpc) is 2.28. The van der Waals surface area contributed by atoms with E-state index in [0.29, 0.717) is 13.1 Å². The topological polar surface area (TPSA) is 43.8 Å². The molecule has 1 fully saturated rings. The van der Waals surface area contributed by atoms with Gasteiger partial charge in [0.2, 0.25) is 5.91 Å². The van der Waals surface area contributed by atoms with Crippen LogP contribution >= 0.6 is 0 Å². The van der Waals surface area contributed by atoms with Crippen LogP contribution in [-0.2, 0) is 4.79 Å². The van der Waals surface area contributed by atoms with Crippen molar-refractivity contribution in [1.82, 2.24) is 9.80 Å². The number of carbonyl (C=O) groups is 1. The molecule has 0 unspecified atom stereocenters. The maximum absolute atomic E-state index is 12.0. The number of amides is 1. The maximum Gasteiger partial charge on any atom is 0.237 e. The van der Waals surface area contributed by atoms with Gasteiger partial charge in [-0.15, -0.1) is 0 Å². The molecule has 4 nitrogen and oxygen atoms in total. The highest BCUT2D eigenvalue weighted by Crippen LogP contribution is 2.10. The number of nitrogens with zero attached hydrogens (tertiary/aromatic N) is 2. The minimum Gasteiger partial charge on any atom is -0.393 e. The quantitative estimate of drug-likeness (QED) is 0.725. The molecule has 0 spiro atoms. The van der Waals surface area contributed by atoms with Crippen molar-refractivity contribution in [3.8, 4) is 0 Å². The van der Waals surface area contributed by atoms with Gasteiger partial charge in [0.25, 0.3) is 0 Å². The predicted molar refractivity (Wildman–Crippen MR) is 68.7 cm³/mol. The Labute approximate surface area is 104 Å². The Morgan fingerprint density at radius 3 is 2.53 bits per heavy atom. The number of hydrogen-bond acceptors (Lipinski definition) is 3. The Bertz CT molecular complexity index is 271. The van der Waals surface area contributed by atoms with Crippen LogP contribution < -0.4 is 0 Å². The molecule has 0 radical (unpaired) electrons. The summed E-state index contributed by atoms with van der Waals surface area (Å²) in [6.07, 6.45) is 1.37. The van der Waals surface area contributed by atoms with Gasteiger partial charge in [-0.25, -0.2) is 0 Å². The van der Waals surface area contributed by atoms with Gasteiger partial charge in [-0.3, -0.25) is 9.69 Å². The highest BCUT2D eigenvalue weighted by molar-refractivity contribution is 5.78. The molecule has 1 aliphatic rings. The van der Waals surface area contributed by atoms with E-state index in [9.17, 15) is 9.90 Å². The fourth-order valence-electron chi connectivity index (χ4n) is 2.07. The molecule has 0 aromatic carbocycles. The molecule has 17 heavy (non-hydrogen) atoms. The Hall–Kier alpha value is -0.870. The first-order valence-corrected chi connectivity index (χ1v) is 6.35. The van der Waals surface area contributed by atoms with Crippen molar-refractivity contribution >= 4 is 5.91 Å². The van der Waals surface area contributed by atoms with E-state index in [0.717, 1.165) is 38.0 Å². The van der Waals surface area contributed by atoms with Crippen molar-refractivity contribution in [2.45, 2.75) is 32.8 Å². The molecule has 0 aromatic heterocycles. The average molecular weight is 240 g/mol. The van der Waals surface area contributed by atoms with E-state index in [-0.39, 0.29) is 12.0 Å². The monoisotopic (exact) mass is 240 g/mol. The summed E-state index contributed by atoms with van der Waals surface area (Å²) in [5, 5.41) is 9.40. The summed E-state index contributed by atoms with van der Waals surface area (Å²) in [5.41, 5.74) is 1.01. The molecule has 0 bridgehead atoms. The number of hydrogen-bond donors (Lipinski definition) is 1.